The predicted octanol–water partition coefficient (Wildman–Crippen LogP) is 4.85. The molecule has 14 heavy (non-hydrogen) atoms. The summed E-state index contributed by atoms with van der Waals surface area (Å²) >= 11 is 12.1. The van der Waals surface area contributed by atoms with Gasteiger partial charge in [-0.05, 0) is 30.0 Å². The fourth-order valence-electron chi connectivity index (χ4n) is 1.50. The number of benzene rings is 1. The number of hydrogen-bond acceptors (Lipinski definition) is 0. The Balaban J connectivity index is 2.68. The monoisotopic (exact) mass is 230 g/mol. The van der Waals surface area contributed by atoms with Gasteiger partial charge in [0, 0.05) is 10.4 Å². The van der Waals surface area contributed by atoms with Crippen molar-refractivity contribution in [2.24, 2.45) is 0 Å². The Morgan fingerprint density at radius 3 is 2.29 bits per heavy atom. The van der Waals surface area contributed by atoms with Crippen molar-refractivity contribution in [2.45, 2.75) is 38.0 Å². The van der Waals surface area contributed by atoms with E-state index in [2.05, 4.69) is 26.0 Å². The van der Waals surface area contributed by atoms with E-state index >= 15 is 0 Å². The molecule has 0 aliphatic carbocycles. The molecule has 0 N–H and O–H groups in total. The maximum atomic E-state index is 6.27. The standard InChI is InChI=1S/C12H16Cl2/c1-3-4-12(14)9(2)10-5-7-11(13)8-6-10/h5-9,12H,3-4H2,1-2H3. The molecule has 0 fully saturated rings. The van der Waals surface area contributed by atoms with E-state index in [1.807, 2.05) is 12.1 Å². The zero-order chi connectivity index (χ0) is 10.6. The van der Waals surface area contributed by atoms with Gasteiger partial charge in [-0.3, -0.25) is 0 Å². The molecular weight excluding hydrogens is 215 g/mol. The topological polar surface area (TPSA) is 0 Å². The number of hydrogen-bond donors (Lipinski definition) is 0. The Kier molecular flexibility index (Phi) is 4.77. The van der Waals surface area contributed by atoms with Gasteiger partial charge in [-0.25, -0.2) is 0 Å². The van der Waals surface area contributed by atoms with Crippen LogP contribution in [0.3, 0.4) is 0 Å². The molecule has 1 rings (SSSR count). The lowest BCUT2D eigenvalue weighted by Crippen LogP contribution is -2.08. The Morgan fingerprint density at radius 1 is 1.21 bits per heavy atom. The van der Waals surface area contributed by atoms with Crippen LogP contribution >= 0.6 is 23.2 Å². The maximum absolute atomic E-state index is 6.27. The van der Waals surface area contributed by atoms with Crippen LogP contribution < -0.4 is 0 Å². The van der Waals surface area contributed by atoms with Crippen molar-refractivity contribution in [1.82, 2.24) is 0 Å². The fraction of sp³-hybridized carbons (Fsp3) is 0.500. The van der Waals surface area contributed by atoms with Crippen LogP contribution in [0.5, 0.6) is 0 Å². The van der Waals surface area contributed by atoms with E-state index in [1.54, 1.807) is 0 Å². The lowest BCUT2D eigenvalue weighted by atomic mass is 9.95. The Hall–Kier alpha value is -0.200. The molecule has 2 heteroatoms. The molecule has 0 spiro atoms. The molecule has 2 atom stereocenters. The van der Waals surface area contributed by atoms with Crippen molar-refractivity contribution in [3.8, 4) is 0 Å². The zero-order valence-electron chi connectivity index (χ0n) is 8.63. The average molecular weight is 231 g/mol. The van der Waals surface area contributed by atoms with Gasteiger partial charge in [-0.15, -0.1) is 11.6 Å². The summed E-state index contributed by atoms with van der Waals surface area (Å²) in [6.07, 6.45) is 2.19. The highest BCUT2D eigenvalue weighted by Gasteiger charge is 2.14. The van der Waals surface area contributed by atoms with Crippen LogP contribution in [0.1, 0.15) is 38.2 Å². The summed E-state index contributed by atoms with van der Waals surface area (Å²) < 4.78 is 0. The SMILES string of the molecule is CCCC(Cl)C(C)c1ccc(Cl)cc1. The van der Waals surface area contributed by atoms with Crippen LogP contribution in [-0.2, 0) is 0 Å². The van der Waals surface area contributed by atoms with Crippen LogP contribution in [0.25, 0.3) is 0 Å². The first-order valence-electron chi connectivity index (χ1n) is 5.04. The summed E-state index contributed by atoms with van der Waals surface area (Å²) in [5.74, 6) is 0.397. The van der Waals surface area contributed by atoms with E-state index in [1.165, 1.54) is 5.56 Å². The molecule has 1 aromatic rings. The fourth-order valence-corrected chi connectivity index (χ4v) is 1.99. The lowest BCUT2D eigenvalue weighted by Gasteiger charge is -2.17. The van der Waals surface area contributed by atoms with Gasteiger partial charge >= 0.3 is 0 Å². The molecule has 0 radical (unpaired) electrons. The van der Waals surface area contributed by atoms with Gasteiger partial charge in [0.2, 0.25) is 0 Å². The second-order valence-corrected chi connectivity index (χ2v) is 4.64. The lowest BCUT2D eigenvalue weighted by molar-refractivity contribution is 0.634. The molecular formula is C12H16Cl2. The Morgan fingerprint density at radius 2 is 1.79 bits per heavy atom. The van der Waals surface area contributed by atoms with Crippen LogP contribution in [0.2, 0.25) is 5.02 Å². The number of rotatable bonds is 4. The first-order chi connectivity index (χ1) is 6.65. The van der Waals surface area contributed by atoms with Crippen molar-refractivity contribution in [3.63, 3.8) is 0 Å². The van der Waals surface area contributed by atoms with Crippen LogP contribution in [0.15, 0.2) is 24.3 Å². The maximum Gasteiger partial charge on any atom is 0.0406 e. The summed E-state index contributed by atoms with van der Waals surface area (Å²) in [6.45, 7) is 4.32. The smallest absolute Gasteiger partial charge is 0.0406 e. The Labute approximate surface area is 96.2 Å². The summed E-state index contributed by atoms with van der Waals surface area (Å²) in [4.78, 5) is 0. The van der Waals surface area contributed by atoms with Crippen LogP contribution in [0, 0.1) is 0 Å². The third kappa shape index (κ3) is 3.18. The highest BCUT2D eigenvalue weighted by molar-refractivity contribution is 6.30. The molecule has 2 unspecified atom stereocenters. The minimum absolute atomic E-state index is 0.223. The third-order valence-electron chi connectivity index (χ3n) is 2.50. The third-order valence-corrected chi connectivity index (χ3v) is 3.35. The van der Waals surface area contributed by atoms with Crippen molar-refractivity contribution in [1.29, 1.82) is 0 Å². The van der Waals surface area contributed by atoms with Crippen LogP contribution in [-0.4, -0.2) is 5.38 Å². The van der Waals surface area contributed by atoms with Gasteiger partial charge in [0.25, 0.3) is 0 Å². The second kappa shape index (κ2) is 5.63. The minimum atomic E-state index is 0.223. The molecule has 0 aromatic heterocycles. The normalized spacial score (nSPS) is 15.1. The second-order valence-electron chi connectivity index (χ2n) is 3.64. The minimum Gasteiger partial charge on any atom is -0.122 e. The molecule has 0 aliphatic rings. The van der Waals surface area contributed by atoms with Crippen LogP contribution in [0.4, 0.5) is 0 Å². The summed E-state index contributed by atoms with van der Waals surface area (Å²) in [5, 5.41) is 1.00. The molecule has 0 saturated heterocycles. The van der Waals surface area contributed by atoms with Crippen molar-refractivity contribution in [3.05, 3.63) is 34.9 Å². The van der Waals surface area contributed by atoms with Gasteiger partial charge in [-0.1, -0.05) is 44.0 Å². The number of alkyl halides is 1. The van der Waals surface area contributed by atoms with E-state index < -0.39 is 0 Å². The quantitative estimate of drug-likeness (QED) is 0.649. The first kappa shape index (κ1) is 11.9. The first-order valence-corrected chi connectivity index (χ1v) is 5.86. The molecule has 1 aromatic carbocycles. The van der Waals surface area contributed by atoms with Gasteiger partial charge < -0.3 is 0 Å². The molecule has 0 saturated carbocycles. The van der Waals surface area contributed by atoms with Crippen molar-refractivity contribution >= 4 is 23.2 Å². The van der Waals surface area contributed by atoms with E-state index in [4.69, 9.17) is 23.2 Å². The molecule has 0 bridgehead atoms. The largest absolute Gasteiger partial charge is 0.122 e. The van der Waals surface area contributed by atoms with Gasteiger partial charge in [-0.2, -0.15) is 0 Å². The summed E-state index contributed by atoms with van der Waals surface area (Å²) in [6, 6.07) is 7.95. The van der Waals surface area contributed by atoms with E-state index in [9.17, 15) is 0 Å². The molecule has 0 nitrogen and oxygen atoms in total. The van der Waals surface area contributed by atoms with E-state index in [-0.39, 0.29) is 5.38 Å². The van der Waals surface area contributed by atoms with Crippen molar-refractivity contribution < 1.29 is 0 Å². The van der Waals surface area contributed by atoms with Crippen molar-refractivity contribution in [2.75, 3.05) is 0 Å². The van der Waals surface area contributed by atoms with E-state index in [0.29, 0.717) is 5.92 Å². The zero-order valence-corrected chi connectivity index (χ0v) is 10.1. The van der Waals surface area contributed by atoms with Gasteiger partial charge in [0.15, 0.2) is 0 Å². The van der Waals surface area contributed by atoms with E-state index in [0.717, 1.165) is 17.9 Å². The molecule has 0 heterocycles. The van der Waals surface area contributed by atoms with Gasteiger partial charge in [0.1, 0.15) is 0 Å². The Bertz CT molecular complexity index is 266. The molecule has 0 aliphatic heterocycles. The summed E-state index contributed by atoms with van der Waals surface area (Å²) in [7, 11) is 0. The molecule has 0 amide bonds. The average Bonchev–Trinajstić information content (AvgIpc) is 2.18. The summed E-state index contributed by atoms with van der Waals surface area (Å²) in [5.41, 5.74) is 1.27. The molecule has 78 valence electrons. The van der Waals surface area contributed by atoms with Gasteiger partial charge in [0.05, 0.1) is 0 Å². The predicted molar refractivity (Wildman–Crippen MR) is 64.4 cm³/mol. The highest BCUT2D eigenvalue weighted by atomic mass is 35.5. The highest BCUT2D eigenvalue weighted by Crippen LogP contribution is 2.27. The number of halogens is 2.